The van der Waals surface area contributed by atoms with Crippen LogP contribution in [0.1, 0.15) is 44.5 Å². The predicted molar refractivity (Wildman–Crippen MR) is 71.7 cm³/mol. The van der Waals surface area contributed by atoms with E-state index in [2.05, 4.69) is 20.4 Å². The third-order valence-corrected chi connectivity index (χ3v) is 2.53. The van der Waals surface area contributed by atoms with E-state index in [1.807, 2.05) is 19.9 Å². The first-order valence-electron chi connectivity index (χ1n) is 6.35. The molecule has 0 radical (unpaired) electrons. The van der Waals surface area contributed by atoms with Gasteiger partial charge < -0.3 is 15.1 Å². The molecule has 0 unspecified atom stereocenters. The third-order valence-electron chi connectivity index (χ3n) is 2.53. The Morgan fingerprint density at radius 3 is 2.90 bits per heavy atom. The van der Waals surface area contributed by atoms with Crippen LogP contribution in [0, 0.1) is 0 Å². The number of hydrogen-bond donors (Lipinski definition) is 1. The SMILES string of the molecule is CC(C)c1noc([C@@H](C)O/N=C(\N)Cn2cccn2)n1. The topological polar surface area (TPSA) is 104 Å². The molecule has 2 heterocycles. The van der Waals surface area contributed by atoms with Gasteiger partial charge in [-0.15, -0.1) is 0 Å². The maximum atomic E-state index is 5.74. The van der Waals surface area contributed by atoms with E-state index in [9.17, 15) is 0 Å². The first-order valence-corrected chi connectivity index (χ1v) is 6.35. The number of aromatic nitrogens is 4. The summed E-state index contributed by atoms with van der Waals surface area (Å²) in [5.41, 5.74) is 5.74. The van der Waals surface area contributed by atoms with Gasteiger partial charge in [0.05, 0.1) is 0 Å². The second-order valence-corrected chi connectivity index (χ2v) is 4.68. The molecule has 0 saturated carbocycles. The smallest absolute Gasteiger partial charge is 0.270 e. The Morgan fingerprint density at radius 2 is 2.30 bits per heavy atom. The van der Waals surface area contributed by atoms with Gasteiger partial charge in [0.15, 0.2) is 11.7 Å². The highest BCUT2D eigenvalue weighted by atomic mass is 16.6. The molecule has 2 aromatic rings. The van der Waals surface area contributed by atoms with E-state index in [-0.39, 0.29) is 5.92 Å². The molecule has 2 aromatic heterocycles. The molecule has 0 amide bonds. The van der Waals surface area contributed by atoms with Crippen molar-refractivity contribution < 1.29 is 9.36 Å². The molecule has 2 rings (SSSR count). The van der Waals surface area contributed by atoms with Crippen molar-refractivity contribution in [1.29, 1.82) is 0 Å². The largest absolute Gasteiger partial charge is 0.383 e. The summed E-state index contributed by atoms with van der Waals surface area (Å²) in [6, 6.07) is 1.81. The van der Waals surface area contributed by atoms with Crippen molar-refractivity contribution in [3.05, 3.63) is 30.2 Å². The molecule has 20 heavy (non-hydrogen) atoms. The fourth-order valence-corrected chi connectivity index (χ4v) is 1.43. The van der Waals surface area contributed by atoms with Gasteiger partial charge >= 0.3 is 0 Å². The van der Waals surface area contributed by atoms with Gasteiger partial charge in [-0.25, -0.2) is 0 Å². The molecular weight excluding hydrogens is 260 g/mol. The minimum absolute atomic E-state index is 0.202. The first kappa shape index (κ1) is 14.0. The van der Waals surface area contributed by atoms with Crippen LogP contribution in [0.25, 0.3) is 0 Å². The maximum Gasteiger partial charge on any atom is 0.270 e. The summed E-state index contributed by atoms with van der Waals surface area (Å²) >= 11 is 0. The van der Waals surface area contributed by atoms with Gasteiger partial charge in [-0.05, 0) is 13.0 Å². The predicted octanol–water partition coefficient (Wildman–Crippen LogP) is 1.44. The van der Waals surface area contributed by atoms with Gasteiger partial charge in [0.1, 0.15) is 6.54 Å². The van der Waals surface area contributed by atoms with E-state index in [0.717, 1.165) is 0 Å². The van der Waals surface area contributed by atoms with Crippen molar-refractivity contribution in [2.75, 3.05) is 0 Å². The molecule has 2 N–H and O–H groups in total. The standard InChI is InChI=1S/C12H18N6O2/c1-8(2)11-15-12(20-17-11)9(3)19-16-10(13)7-18-6-4-5-14-18/h4-6,8-9H,7H2,1-3H3,(H2,13,16)/t9-/m1/s1. The Bertz CT molecular complexity index is 560. The van der Waals surface area contributed by atoms with Crippen molar-refractivity contribution in [1.82, 2.24) is 19.9 Å². The van der Waals surface area contributed by atoms with Crippen molar-refractivity contribution in [2.24, 2.45) is 10.9 Å². The molecular formula is C12H18N6O2. The number of amidine groups is 1. The number of hydrogen-bond acceptors (Lipinski definition) is 6. The van der Waals surface area contributed by atoms with Gasteiger partial charge in [-0.2, -0.15) is 10.1 Å². The van der Waals surface area contributed by atoms with Crippen LogP contribution >= 0.6 is 0 Å². The summed E-state index contributed by atoms with van der Waals surface area (Å²) in [6.45, 7) is 6.10. The monoisotopic (exact) mass is 278 g/mol. The normalized spacial score (nSPS) is 13.7. The average molecular weight is 278 g/mol. The molecule has 0 aliphatic heterocycles. The molecule has 108 valence electrons. The molecule has 8 heteroatoms. The second kappa shape index (κ2) is 6.18. The van der Waals surface area contributed by atoms with E-state index < -0.39 is 6.10 Å². The molecule has 0 aliphatic rings. The lowest BCUT2D eigenvalue weighted by Gasteiger charge is -2.06. The highest BCUT2D eigenvalue weighted by Crippen LogP contribution is 2.17. The van der Waals surface area contributed by atoms with Crippen LogP contribution in [-0.2, 0) is 11.4 Å². The van der Waals surface area contributed by atoms with Gasteiger partial charge in [0, 0.05) is 18.3 Å². The van der Waals surface area contributed by atoms with Crippen LogP contribution in [0.2, 0.25) is 0 Å². The molecule has 0 fully saturated rings. The Labute approximate surface area is 116 Å². The van der Waals surface area contributed by atoms with E-state index in [4.69, 9.17) is 15.1 Å². The Kier molecular flexibility index (Phi) is 4.34. The summed E-state index contributed by atoms with van der Waals surface area (Å²) in [4.78, 5) is 9.49. The summed E-state index contributed by atoms with van der Waals surface area (Å²) < 4.78 is 6.76. The molecule has 8 nitrogen and oxygen atoms in total. The number of rotatable bonds is 6. The minimum atomic E-state index is -0.453. The van der Waals surface area contributed by atoms with Gasteiger partial charge in [0.2, 0.25) is 6.10 Å². The first-order chi connectivity index (χ1) is 9.56. The Hall–Kier alpha value is -2.38. The fraction of sp³-hybridized carbons (Fsp3) is 0.500. The van der Waals surface area contributed by atoms with E-state index >= 15 is 0 Å². The van der Waals surface area contributed by atoms with Crippen molar-refractivity contribution >= 4 is 5.84 Å². The van der Waals surface area contributed by atoms with Gasteiger partial charge in [-0.1, -0.05) is 24.2 Å². The molecule has 0 bridgehead atoms. The lowest BCUT2D eigenvalue weighted by atomic mass is 10.2. The zero-order valence-electron chi connectivity index (χ0n) is 11.7. The van der Waals surface area contributed by atoms with E-state index in [1.165, 1.54) is 0 Å². The lowest BCUT2D eigenvalue weighted by Crippen LogP contribution is -2.20. The van der Waals surface area contributed by atoms with Crippen molar-refractivity contribution in [3.63, 3.8) is 0 Å². The number of nitrogens with zero attached hydrogens (tertiary/aromatic N) is 5. The van der Waals surface area contributed by atoms with Crippen LogP contribution in [0.4, 0.5) is 0 Å². The van der Waals surface area contributed by atoms with Crippen molar-refractivity contribution in [2.45, 2.75) is 39.3 Å². The van der Waals surface area contributed by atoms with Gasteiger partial charge in [-0.3, -0.25) is 4.68 Å². The maximum absolute atomic E-state index is 5.74. The van der Waals surface area contributed by atoms with Crippen LogP contribution in [0.5, 0.6) is 0 Å². The Balaban J connectivity index is 1.91. The van der Waals surface area contributed by atoms with E-state index in [1.54, 1.807) is 24.0 Å². The molecule has 0 aromatic carbocycles. The number of nitrogens with two attached hydrogens (primary N) is 1. The highest BCUT2D eigenvalue weighted by Gasteiger charge is 2.17. The lowest BCUT2D eigenvalue weighted by molar-refractivity contribution is 0.0472. The van der Waals surface area contributed by atoms with Crippen LogP contribution in [0.3, 0.4) is 0 Å². The summed E-state index contributed by atoms with van der Waals surface area (Å²) in [5, 5.41) is 11.7. The molecule has 0 saturated heterocycles. The molecule has 1 atom stereocenters. The quantitative estimate of drug-likeness (QED) is 0.487. The fourth-order valence-electron chi connectivity index (χ4n) is 1.43. The highest BCUT2D eigenvalue weighted by molar-refractivity contribution is 5.79. The zero-order valence-corrected chi connectivity index (χ0v) is 11.7. The van der Waals surface area contributed by atoms with Gasteiger partial charge in [0.25, 0.3) is 5.89 Å². The van der Waals surface area contributed by atoms with Crippen LogP contribution < -0.4 is 5.73 Å². The number of oxime groups is 1. The van der Waals surface area contributed by atoms with Crippen LogP contribution in [-0.4, -0.2) is 25.8 Å². The van der Waals surface area contributed by atoms with Crippen molar-refractivity contribution in [3.8, 4) is 0 Å². The van der Waals surface area contributed by atoms with Crippen LogP contribution in [0.15, 0.2) is 28.1 Å². The summed E-state index contributed by atoms with van der Waals surface area (Å²) in [5.74, 6) is 1.53. The summed E-state index contributed by atoms with van der Waals surface area (Å²) in [7, 11) is 0. The molecule has 0 aliphatic carbocycles. The summed E-state index contributed by atoms with van der Waals surface area (Å²) in [6.07, 6.45) is 3.01. The third kappa shape index (κ3) is 3.56. The Morgan fingerprint density at radius 1 is 1.50 bits per heavy atom. The zero-order chi connectivity index (χ0) is 14.5. The second-order valence-electron chi connectivity index (χ2n) is 4.68. The average Bonchev–Trinajstić information content (AvgIpc) is 3.06. The molecule has 0 spiro atoms. The minimum Gasteiger partial charge on any atom is -0.383 e. The van der Waals surface area contributed by atoms with E-state index in [0.29, 0.717) is 24.1 Å².